The number of halogens is 1. The highest BCUT2D eigenvalue weighted by Crippen LogP contribution is 2.26. The smallest absolute Gasteiger partial charge is 0.326 e. The van der Waals surface area contributed by atoms with Crippen LogP contribution in [-0.4, -0.2) is 34.2 Å². The Balaban J connectivity index is 2.56. The normalized spacial score (nSPS) is 11.7. The molecule has 0 aromatic heterocycles. The molecule has 0 spiro atoms. The number of hydrogen-bond acceptors (Lipinski definition) is 5. The Labute approximate surface area is 129 Å². The van der Waals surface area contributed by atoms with Gasteiger partial charge in [-0.1, -0.05) is 11.6 Å². The van der Waals surface area contributed by atoms with Gasteiger partial charge in [0.1, 0.15) is 6.04 Å². The minimum absolute atomic E-state index is 0.0206. The van der Waals surface area contributed by atoms with Crippen molar-refractivity contribution < 1.29 is 19.6 Å². The van der Waals surface area contributed by atoms with Gasteiger partial charge >= 0.3 is 5.97 Å². The second-order valence-corrected chi connectivity index (χ2v) is 5.59. The molecule has 0 saturated carbocycles. The number of aliphatic carboxylic acids is 1. The summed E-state index contributed by atoms with van der Waals surface area (Å²) in [4.78, 5) is 31.5. The Hall–Kier alpha value is -1.80. The number of carboxylic acid groups (broad SMARTS) is 1. The molecule has 0 heterocycles. The van der Waals surface area contributed by atoms with Crippen molar-refractivity contribution in [3.05, 3.63) is 38.9 Å². The fourth-order valence-corrected chi connectivity index (χ4v) is 2.78. The first-order chi connectivity index (χ1) is 9.95. The summed E-state index contributed by atoms with van der Waals surface area (Å²) in [6, 6.07) is 3.35. The van der Waals surface area contributed by atoms with Crippen LogP contribution in [-0.2, 0) is 15.3 Å². The Bertz CT molecular complexity index is 540. The predicted octanol–water partition coefficient (Wildman–Crippen LogP) is 2.07. The van der Waals surface area contributed by atoms with E-state index in [0.29, 0.717) is 28.5 Å². The summed E-state index contributed by atoms with van der Waals surface area (Å²) in [5.41, 5.74) is 0.459. The molecule has 0 radical (unpaired) electrons. The van der Waals surface area contributed by atoms with Crippen LogP contribution in [0.4, 0.5) is 5.69 Å². The first kappa shape index (κ1) is 17.3. The predicted molar refractivity (Wildman–Crippen MR) is 79.5 cm³/mol. The molecule has 21 heavy (non-hydrogen) atoms. The molecular formula is C12H13ClN2O5S. The number of nitrogens with zero attached hydrogens (tertiary/aromatic N) is 1. The minimum Gasteiger partial charge on any atom is -0.480 e. The Morgan fingerprint density at radius 3 is 2.86 bits per heavy atom. The molecule has 0 bridgehead atoms. The van der Waals surface area contributed by atoms with Crippen molar-refractivity contribution in [1.82, 2.24) is 5.32 Å². The minimum atomic E-state index is -1.11. The standard InChI is InChI=1S/C12H13ClN2O5S/c13-9-1-2-11(15(19)20)8(5-9)6-21-4-3-10(12(17)18)14-7-16/h1-2,5,7,10H,3-4,6H2,(H,14,16)(H,17,18). The third-order valence-electron chi connectivity index (χ3n) is 2.61. The third-order valence-corrected chi connectivity index (χ3v) is 3.89. The van der Waals surface area contributed by atoms with E-state index in [-0.39, 0.29) is 12.1 Å². The van der Waals surface area contributed by atoms with E-state index in [1.165, 1.54) is 30.0 Å². The van der Waals surface area contributed by atoms with Gasteiger partial charge in [0.15, 0.2) is 0 Å². The van der Waals surface area contributed by atoms with E-state index in [0.717, 1.165) is 0 Å². The molecule has 0 saturated heterocycles. The Morgan fingerprint density at radius 1 is 1.57 bits per heavy atom. The number of benzene rings is 1. The summed E-state index contributed by atoms with van der Waals surface area (Å²) in [5.74, 6) is -0.345. The van der Waals surface area contributed by atoms with Crippen LogP contribution < -0.4 is 5.32 Å². The first-order valence-electron chi connectivity index (χ1n) is 5.88. The maximum absolute atomic E-state index is 10.9. The molecule has 9 heteroatoms. The van der Waals surface area contributed by atoms with Crippen LogP contribution in [0.2, 0.25) is 5.02 Å². The number of carboxylic acids is 1. The van der Waals surface area contributed by atoms with E-state index in [1.54, 1.807) is 0 Å². The van der Waals surface area contributed by atoms with Gasteiger partial charge in [0, 0.05) is 22.4 Å². The Morgan fingerprint density at radius 2 is 2.29 bits per heavy atom. The topological polar surface area (TPSA) is 110 Å². The van der Waals surface area contributed by atoms with Gasteiger partial charge in [-0.2, -0.15) is 11.8 Å². The average Bonchev–Trinajstić information content (AvgIpc) is 2.41. The summed E-state index contributed by atoms with van der Waals surface area (Å²) in [6.45, 7) is 0. The quantitative estimate of drug-likeness (QED) is 0.310. The zero-order valence-electron chi connectivity index (χ0n) is 10.8. The summed E-state index contributed by atoms with van der Waals surface area (Å²) in [5, 5.41) is 22.3. The van der Waals surface area contributed by atoms with Gasteiger partial charge < -0.3 is 10.4 Å². The van der Waals surface area contributed by atoms with E-state index < -0.39 is 16.9 Å². The van der Waals surface area contributed by atoms with Gasteiger partial charge in [-0.3, -0.25) is 14.9 Å². The lowest BCUT2D eigenvalue weighted by molar-refractivity contribution is -0.385. The number of amides is 1. The summed E-state index contributed by atoms with van der Waals surface area (Å²) >= 11 is 7.15. The maximum Gasteiger partial charge on any atom is 0.326 e. The molecule has 1 aromatic rings. The second-order valence-electron chi connectivity index (χ2n) is 4.05. The molecule has 1 unspecified atom stereocenters. The van der Waals surface area contributed by atoms with E-state index >= 15 is 0 Å². The van der Waals surface area contributed by atoms with Crippen LogP contribution in [0.25, 0.3) is 0 Å². The van der Waals surface area contributed by atoms with Crippen LogP contribution in [0.1, 0.15) is 12.0 Å². The number of carbonyl (C=O) groups is 2. The summed E-state index contributed by atoms with van der Waals surface area (Å²) in [7, 11) is 0. The molecule has 1 rings (SSSR count). The van der Waals surface area contributed by atoms with Crippen LogP contribution in [0, 0.1) is 10.1 Å². The fourth-order valence-electron chi connectivity index (χ4n) is 1.59. The number of nitrogens with one attached hydrogen (secondary N) is 1. The van der Waals surface area contributed by atoms with Crippen LogP contribution in [0.3, 0.4) is 0 Å². The van der Waals surface area contributed by atoms with Crippen LogP contribution in [0.15, 0.2) is 18.2 Å². The van der Waals surface area contributed by atoms with E-state index in [2.05, 4.69) is 5.32 Å². The highest BCUT2D eigenvalue weighted by atomic mass is 35.5. The van der Waals surface area contributed by atoms with Crippen molar-refractivity contribution in [2.75, 3.05) is 5.75 Å². The molecule has 0 aliphatic rings. The first-order valence-corrected chi connectivity index (χ1v) is 7.42. The molecular weight excluding hydrogens is 320 g/mol. The van der Waals surface area contributed by atoms with Gasteiger partial charge in [0.25, 0.3) is 5.69 Å². The summed E-state index contributed by atoms with van der Waals surface area (Å²) in [6.07, 6.45) is 0.568. The molecule has 1 amide bonds. The molecule has 1 aromatic carbocycles. The number of rotatable bonds is 9. The number of thioether (sulfide) groups is 1. The lowest BCUT2D eigenvalue weighted by Gasteiger charge is -2.10. The van der Waals surface area contributed by atoms with Crippen molar-refractivity contribution >= 4 is 41.4 Å². The van der Waals surface area contributed by atoms with E-state index in [9.17, 15) is 19.7 Å². The lowest BCUT2D eigenvalue weighted by atomic mass is 10.2. The van der Waals surface area contributed by atoms with E-state index in [1.807, 2.05) is 0 Å². The summed E-state index contributed by atoms with van der Waals surface area (Å²) < 4.78 is 0. The number of carbonyl (C=O) groups excluding carboxylic acids is 1. The number of nitro groups is 1. The number of hydrogen-bond donors (Lipinski definition) is 2. The third kappa shape index (κ3) is 5.60. The zero-order chi connectivity index (χ0) is 15.8. The molecule has 2 N–H and O–H groups in total. The number of nitro benzene ring substituents is 1. The average molecular weight is 333 g/mol. The van der Waals surface area contributed by atoms with Gasteiger partial charge in [-0.15, -0.1) is 0 Å². The molecule has 7 nitrogen and oxygen atoms in total. The van der Waals surface area contributed by atoms with Crippen molar-refractivity contribution in [2.45, 2.75) is 18.2 Å². The molecule has 1 atom stereocenters. The van der Waals surface area contributed by atoms with Crippen molar-refractivity contribution in [1.29, 1.82) is 0 Å². The maximum atomic E-state index is 10.9. The largest absolute Gasteiger partial charge is 0.480 e. The SMILES string of the molecule is O=CNC(CCSCc1cc(Cl)ccc1[N+](=O)[O-])C(=O)O. The van der Waals surface area contributed by atoms with Crippen molar-refractivity contribution in [3.63, 3.8) is 0 Å². The van der Waals surface area contributed by atoms with Gasteiger partial charge in [-0.05, 0) is 24.3 Å². The molecule has 0 aliphatic heterocycles. The van der Waals surface area contributed by atoms with Crippen molar-refractivity contribution in [3.8, 4) is 0 Å². The van der Waals surface area contributed by atoms with Gasteiger partial charge in [0.2, 0.25) is 6.41 Å². The molecule has 0 fully saturated rings. The van der Waals surface area contributed by atoms with E-state index in [4.69, 9.17) is 16.7 Å². The Kier molecular flexibility index (Phi) is 6.97. The molecule has 114 valence electrons. The monoisotopic (exact) mass is 332 g/mol. The van der Waals surface area contributed by atoms with Crippen LogP contribution >= 0.6 is 23.4 Å². The van der Waals surface area contributed by atoms with Crippen molar-refractivity contribution in [2.24, 2.45) is 0 Å². The highest BCUT2D eigenvalue weighted by Gasteiger charge is 2.17. The highest BCUT2D eigenvalue weighted by molar-refractivity contribution is 7.98. The van der Waals surface area contributed by atoms with Gasteiger partial charge in [0.05, 0.1) is 4.92 Å². The second kappa shape index (κ2) is 8.48. The fraction of sp³-hybridized carbons (Fsp3) is 0.333. The van der Waals surface area contributed by atoms with Crippen LogP contribution in [0.5, 0.6) is 0 Å². The zero-order valence-corrected chi connectivity index (χ0v) is 12.4. The van der Waals surface area contributed by atoms with Gasteiger partial charge in [-0.25, -0.2) is 4.79 Å². The molecule has 0 aliphatic carbocycles. The lowest BCUT2D eigenvalue weighted by Crippen LogP contribution is -2.36.